The molecule has 0 bridgehead atoms. The normalized spacial score (nSPS) is 20.6. The maximum atomic E-state index is 13.5. The van der Waals surface area contributed by atoms with Gasteiger partial charge < -0.3 is 15.2 Å². The Morgan fingerprint density at radius 2 is 1.85 bits per heavy atom. The van der Waals surface area contributed by atoms with Crippen molar-refractivity contribution in [3.05, 3.63) is 66.0 Å². The number of nitrogens with one attached hydrogen (secondary N) is 3. The lowest BCUT2D eigenvalue weighted by Gasteiger charge is -2.41. The average molecular weight is 552 g/mol. The Morgan fingerprint density at radius 1 is 1.12 bits per heavy atom. The summed E-state index contributed by atoms with van der Waals surface area (Å²) in [5.41, 5.74) is 8.35. The van der Waals surface area contributed by atoms with Gasteiger partial charge in [-0.1, -0.05) is 50.2 Å². The molecule has 3 rings (SSSR count). The van der Waals surface area contributed by atoms with Gasteiger partial charge in [-0.2, -0.15) is 0 Å². The van der Waals surface area contributed by atoms with Crippen LogP contribution in [0.1, 0.15) is 65.0 Å². The SMILES string of the molecule is CC(C)[C@@H](C=O)NNC(Cc1ccccc1)C(O)CN1CCC(CCc2cccnc2)CC1C(=O)NC(C)(C)C. The molecule has 8 nitrogen and oxygen atoms in total. The smallest absolute Gasteiger partial charge is 0.237 e. The Hall–Kier alpha value is -2.65. The number of pyridine rings is 1. The molecule has 2 heterocycles. The van der Waals surface area contributed by atoms with Crippen LogP contribution in [0.5, 0.6) is 0 Å². The standard InChI is InChI=1S/C32H49N5O3/c1-23(2)28(22-38)36-35-27(18-24-10-7-6-8-11-24)30(39)21-37-17-15-25(13-14-26-12-9-16-33-20-26)19-29(37)31(40)34-32(3,4)5/h6-12,16,20,22-23,25,27-30,35-36,39H,13-15,17-19,21H2,1-5H3,(H,34,40)/t25?,27?,28-,29?,30?/m1/s1. The number of aliphatic hydroxyl groups excluding tert-OH is 1. The molecule has 4 unspecified atom stereocenters. The maximum absolute atomic E-state index is 13.5. The van der Waals surface area contributed by atoms with Gasteiger partial charge in [0.2, 0.25) is 5.91 Å². The molecule has 4 N–H and O–H groups in total. The summed E-state index contributed by atoms with van der Waals surface area (Å²) in [5.74, 6) is 0.539. The molecule has 8 heteroatoms. The van der Waals surface area contributed by atoms with E-state index >= 15 is 0 Å². The van der Waals surface area contributed by atoms with E-state index < -0.39 is 6.10 Å². The molecule has 5 atom stereocenters. The lowest BCUT2D eigenvalue weighted by molar-refractivity contribution is -0.131. The number of aryl methyl sites for hydroxylation is 1. The molecular weight excluding hydrogens is 502 g/mol. The zero-order valence-corrected chi connectivity index (χ0v) is 24.8. The van der Waals surface area contributed by atoms with E-state index in [1.54, 1.807) is 6.20 Å². The van der Waals surface area contributed by atoms with Crippen molar-refractivity contribution in [2.75, 3.05) is 13.1 Å². The number of hydrazine groups is 1. The van der Waals surface area contributed by atoms with Crippen molar-refractivity contribution < 1.29 is 14.7 Å². The Kier molecular flexibility index (Phi) is 12.3. The number of hydrogen-bond acceptors (Lipinski definition) is 7. The number of aldehydes is 1. The molecule has 1 fully saturated rings. The van der Waals surface area contributed by atoms with Crippen molar-refractivity contribution in [3.63, 3.8) is 0 Å². The molecule has 1 aliphatic rings. The predicted octanol–water partition coefficient (Wildman–Crippen LogP) is 3.30. The summed E-state index contributed by atoms with van der Waals surface area (Å²) in [6, 6.07) is 13.0. The predicted molar refractivity (Wildman–Crippen MR) is 159 cm³/mol. The van der Waals surface area contributed by atoms with Crippen LogP contribution in [-0.4, -0.2) is 70.0 Å². The quantitative estimate of drug-likeness (QED) is 0.211. The second-order valence-electron chi connectivity index (χ2n) is 12.6. The van der Waals surface area contributed by atoms with Gasteiger partial charge in [0.25, 0.3) is 0 Å². The summed E-state index contributed by atoms with van der Waals surface area (Å²) in [6.45, 7) is 11.0. The Balaban J connectivity index is 1.72. The van der Waals surface area contributed by atoms with Crippen LogP contribution in [0.25, 0.3) is 0 Å². The zero-order chi connectivity index (χ0) is 29.1. The second-order valence-corrected chi connectivity index (χ2v) is 12.6. The lowest BCUT2D eigenvalue weighted by atomic mass is 9.85. The summed E-state index contributed by atoms with van der Waals surface area (Å²) < 4.78 is 0. The van der Waals surface area contributed by atoms with Crippen LogP contribution in [0.3, 0.4) is 0 Å². The average Bonchev–Trinajstić information content (AvgIpc) is 2.92. The molecule has 0 aliphatic carbocycles. The minimum atomic E-state index is -0.760. The molecule has 1 aromatic carbocycles. The van der Waals surface area contributed by atoms with Crippen molar-refractivity contribution in [3.8, 4) is 0 Å². The van der Waals surface area contributed by atoms with Crippen molar-refractivity contribution >= 4 is 12.2 Å². The summed E-state index contributed by atoms with van der Waals surface area (Å²) >= 11 is 0. The fourth-order valence-electron chi connectivity index (χ4n) is 5.29. The molecule has 0 radical (unpaired) electrons. The topological polar surface area (TPSA) is 107 Å². The molecular formula is C32H49N5O3. The van der Waals surface area contributed by atoms with Crippen molar-refractivity contribution in [1.29, 1.82) is 0 Å². The molecule has 1 aromatic heterocycles. The summed E-state index contributed by atoms with van der Waals surface area (Å²) in [5, 5.41) is 14.7. The van der Waals surface area contributed by atoms with Crippen LogP contribution >= 0.6 is 0 Å². The van der Waals surface area contributed by atoms with E-state index in [1.165, 1.54) is 5.56 Å². The van der Waals surface area contributed by atoms with Crippen LogP contribution in [-0.2, 0) is 22.4 Å². The van der Waals surface area contributed by atoms with Gasteiger partial charge in [0.05, 0.1) is 24.2 Å². The number of aromatic nitrogens is 1. The van der Waals surface area contributed by atoms with Crippen LogP contribution < -0.4 is 16.2 Å². The lowest BCUT2D eigenvalue weighted by Crippen LogP contribution is -2.60. The minimum absolute atomic E-state index is 0.0114. The number of likely N-dealkylation sites (tertiary alicyclic amines) is 1. The third-order valence-corrected chi connectivity index (χ3v) is 7.67. The van der Waals surface area contributed by atoms with Gasteiger partial charge in [-0.3, -0.25) is 20.1 Å². The Morgan fingerprint density at radius 3 is 2.48 bits per heavy atom. The number of nitrogens with zero attached hydrogens (tertiary/aromatic N) is 2. The third-order valence-electron chi connectivity index (χ3n) is 7.67. The molecule has 1 saturated heterocycles. The zero-order valence-electron chi connectivity index (χ0n) is 24.8. The van der Waals surface area contributed by atoms with Gasteiger partial charge in [-0.25, -0.2) is 5.43 Å². The van der Waals surface area contributed by atoms with E-state index in [0.717, 1.165) is 44.1 Å². The van der Waals surface area contributed by atoms with Crippen LogP contribution in [0.4, 0.5) is 0 Å². The van der Waals surface area contributed by atoms with E-state index in [4.69, 9.17) is 0 Å². The van der Waals surface area contributed by atoms with Gasteiger partial charge in [0.1, 0.15) is 6.29 Å². The summed E-state index contributed by atoms with van der Waals surface area (Å²) in [6.07, 6.45) is 8.10. The molecule has 0 spiro atoms. The highest BCUT2D eigenvalue weighted by atomic mass is 16.3. The Labute approximate surface area is 240 Å². The summed E-state index contributed by atoms with van der Waals surface area (Å²) in [7, 11) is 0. The first kappa shape index (κ1) is 31.9. The van der Waals surface area contributed by atoms with Gasteiger partial charge in [0.15, 0.2) is 0 Å². The van der Waals surface area contributed by atoms with Gasteiger partial charge in [0, 0.05) is 24.5 Å². The Bertz CT molecular complexity index is 1030. The molecule has 1 amide bonds. The van der Waals surface area contributed by atoms with Gasteiger partial charge in [-0.05, 0) is 88.4 Å². The molecule has 1 aliphatic heterocycles. The fourth-order valence-corrected chi connectivity index (χ4v) is 5.29. The van der Waals surface area contributed by atoms with Gasteiger partial charge in [-0.15, -0.1) is 0 Å². The van der Waals surface area contributed by atoms with E-state index in [9.17, 15) is 14.7 Å². The highest BCUT2D eigenvalue weighted by Gasteiger charge is 2.36. The highest BCUT2D eigenvalue weighted by molar-refractivity contribution is 5.82. The van der Waals surface area contributed by atoms with E-state index in [1.807, 2.05) is 77.2 Å². The van der Waals surface area contributed by atoms with Crippen LogP contribution in [0.2, 0.25) is 0 Å². The second kappa shape index (κ2) is 15.4. The molecule has 40 heavy (non-hydrogen) atoms. The number of carbonyl (C=O) groups excluding carboxylic acids is 2. The van der Waals surface area contributed by atoms with Gasteiger partial charge >= 0.3 is 0 Å². The minimum Gasteiger partial charge on any atom is -0.390 e. The largest absolute Gasteiger partial charge is 0.390 e. The number of rotatable bonds is 14. The molecule has 2 aromatic rings. The monoisotopic (exact) mass is 551 g/mol. The fraction of sp³-hybridized carbons (Fsp3) is 0.594. The number of aliphatic hydroxyl groups is 1. The van der Waals surface area contributed by atoms with Crippen molar-refractivity contribution in [2.45, 2.75) is 96.5 Å². The first-order valence-corrected chi connectivity index (χ1v) is 14.7. The van der Waals surface area contributed by atoms with Crippen LogP contribution in [0.15, 0.2) is 54.9 Å². The molecule has 0 saturated carbocycles. The van der Waals surface area contributed by atoms with E-state index in [0.29, 0.717) is 18.9 Å². The highest BCUT2D eigenvalue weighted by Crippen LogP contribution is 2.28. The number of piperidine rings is 1. The number of carbonyl (C=O) groups is 2. The van der Waals surface area contributed by atoms with Crippen LogP contribution in [0, 0.1) is 11.8 Å². The van der Waals surface area contributed by atoms with E-state index in [-0.39, 0.29) is 35.5 Å². The van der Waals surface area contributed by atoms with E-state index in [2.05, 4.69) is 32.1 Å². The number of hydrogen-bond donors (Lipinski definition) is 4. The third kappa shape index (κ3) is 10.4. The number of benzene rings is 1. The van der Waals surface area contributed by atoms with Crippen molar-refractivity contribution in [1.82, 2.24) is 26.1 Å². The van der Waals surface area contributed by atoms with Crippen molar-refractivity contribution in [2.24, 2.45) is 11.8 Å². The summed E-state index contributed by atoms with van der Waals surface area (Å²) in [4.78, 5) is 31.5. The first-order valence-electron chi connectivity index (χ1n) is 14.7. The number of β-amino-alcohol motifs (C(OH)–C–C–N with tert-alkyl or cyclic N) is 1. The first-order chi connectivity index (χ1) is 19.1. The maximum Gasteiger partial charge on any atom is 0.237 e. The number of amides is 1. The molecule has 220 valence electrons.